The van der Waals surface area contributed by atoms with Crippen LogP contribution in [0.25, 0.3) is 0 Å². The monoisotopic (exact) mass is 290 g/mol. The number of hydrogen-bond acceptors (Lipinski definition) is 2. The lowest BCUT2D eigenvalue weighted by Crippen LogP contribution is -2.35. The number of nitrogens with two attached hydrogens (primary N) is 1. The van der Waals surface area contributed by atoms with Gasteiger partial charge in [-0.1, -0.05) is 17.7 Å². The van der Waals surface area contributed by atoms with Crippen LogP contribution in [0.1, 0.15) is 12.0 Å². The highest BCUT2D eigenvalue weighted by Crippen LogP contribution is 2.38. The van der Waals surface area contributed by atoms with Crippen LogP contribution in [0.15, 0.2) is 18.2 Å². The van der Waals surface area contributed by atoms with Crippen LogP contribution in [0.4, 0.5) is 18.9 Å². The van der Waals surface area contributed by atoms with Crippen molar-refractivity contribution in [2.45, 2.75) is 18.6 Å². The Morgan fingerprint density at radius 1 is 1.53 bits per heavy atom. The fraction of sp³-hybridized carbons (Fsp3) is 0.250. The van der Waals surface area contributed by atoms with E-state index in [1.807, 2.05) is 0 Å². The molecule has 0 saturated carbocycles. The number of carbonyl (C=O) groups excluding carboxylic acids is 1. The zero-order valence-electron chi connectivity index (χ0n) is 9.59. The normalized spacial score (nSPS) is 12.6. The molecule has 0 heterocycles. The number of hydrogen-bond donors (Lipinski definition) is 2. The molecule has 102 valence electrons. The lowest BCUT2D eigenvalue weighted by Gasteiger charge is -2.16. The van der Waals surface area contributed by atoms with Gasteiger partial charge in [-0.15, -0.1) is 12.3 Å². The van der Waals surface area contributed by atoms with Crippen LogP contribution >= 0.6 is 11.6 Å². The molecule has 0 saturated heterocycles. The van der Waals surface area contributed by atoms with Crippen molar-refractivity contribution in [3.63, 3.8) is 0 Å². The van der Waals surface area contributed by atoms with Crippen LogP contribution in [-0.4, -0.2) is 11.9 Å². The van der Waals surface area contributed by atoms with Crippen molar-refractivity contribution >= 4 is 23.2 Å². The van der Waals surface area contributed by atoms with Gasteiger partial charge in [-0.3, -0.25) is 4.79 Å². The summed E-state index contributed by atoms with van der Waals surface area (Å²) in [5, 5.41) is 1.83. The third-order valence-electron chi connectivity index (χ3n) is 2.24. The number of rotatable bonds is 3. The van der Waals surface area contributed by atoms with Crippen molar-refractivity contribution in [2.75, 3.05) is 5.32 Å². The number of halogens is 4. The zero-order valence-corrected chi connectivity index (χ0v) is 10.3. The molecular formula is C12H10ClF3N2O. The Balaban J connectivity index is 3.08. The lowest BCUT2D eigenvalue weighted by molar-refractivity contribution is -0.137. The maximum atomic E-state index is 12.8. The molecule has 19 heavy (non-hydrogen) atoms. The first kappa shape index (κ1) is 15.3. The van der Waals surface area contributed by atoms with Crippen LogP contribution < -0.4 is 11.1 Å². The Morgan fingerprint density at radius 2 is 2.16 bits per heavy atom. The zero-order chi connectivity index (χ0) is 14.6. The van der Waals surface area contributed by atoms with Gasteiger partial charge in [0.05, 0.1) is 22.3 Å². The summed E-state index contributed by atoms with van der Waals surface area (Å²) in [5.74, 6) is 1.33. The second-order valence-electron chi connectivity index (χ2n) is 3.66. The summed E-state index contributed by atoms with van der Waals surface area (Å²) in [6.45, 7) is 0. The minimum atomic E-state index is -4.64. The van der Waals surface area contributed by atoms with E-state index in [0.29, 0.717) is 0 Å². The predicted molar refractivity (Wildman–Crippen MR) is 66.5 cm³/mol. The molecule has 1 amide bonds. The van der Waals surface area contributed by atoms with Crippen LogP contribution in [-0.2, 0) is 11.0 Å². The first-order valence-corrected chi connectivity index (χ1v) is 5.50. The largest absolute Gasteiger partial charge is 0.418 e. The van der Waals surface area contributed by atoms with Gasteiger partial charge in [0, 0.05) is 6.42 Å². The van der Waals surface area contributed by atoms with Gasteiger partial charge in [0.15, 0.2) is 0 Å². The standard InChI is InChI=1S/C12H10ClF3N2O/c1-2-4-9(17)11(19)18-10-7(12(14,15)16)5-3-6-8(10)13/h1,3,5-6,9H,4,17H2,(H,18,19). The highest BCUT2D eigenvalue weighted by Gasteiger charge is 2.35. The topological polar surface area (TPSA) is 55.1 Å². The van der Waals surface area contributed by atoms with Crippen LogP contribution in [0, 0.1) is 12.3 Å². The molecule has 1 aromatic rings. The maximum Gasteiger partial charge on any atom is 0.418 e. The van der Waals surface area contributed by atoms with Crippen molar-refractivity contribution in [1.29, 1.82) is 0 Å². The van der Waals surface area contributed by atoms with Crippen molar-refractivity contribution in [1.82, 2.24) is 0 Å². The highest BCUT2D eigenvalue weighted by atomic mass is 35.5. The molecule has 3 nitrogen and oxygen atoms in total. The number of nitrogens with one attached hydrogen (secondary N) is 1. The molecule has 1 rings (SSSR count). The van der Waals surface area contributed by atoms with Crippen molar-refractivity contribution in [3.05, 3.63) is 28.8 Å². The number of terminal acetylenes is 1. The van der Waals surface area contributed by atoms with E-state index in [4.69, 9.17) is 23.8 Å². The smallest absolute Gasteiger partial charge is 0.323 e. The van der Waals surface area contributed by atoms with Crippen LogP contribution in [0.3, 0.4) is 0 Å². The number of anilines is 1. The molecule has 7 heteroatoms. The van der Waals surface area contributed by atoms with E-state index in [2.05, 4.69) is 11.2 Å². The SMILES string of the molecule is C#CCC(N)C(=O)Nc1c(Cl)cccc1C(F)(F)F. The summed E-state index contributed by atoms with van der Waals surface area (Å²) in [5.41, 5.74) is 3.85. The van der Waals surface area contributed by atoms with E-state index in [1.54, 1.807) is 0 Å². The molecule has 1 aromatic carbocycles. The molecule has 1 atom stereocenters. The Bertz CT molecular complexity index is 523. The van der Waals surface area contributed by atoms with E-state index in [0.717, 1.165) is 12.1 Å². The first-order chi connectivity index (χ1) is 8.77. The highest BCUT2D eigenvalue weighted by molar-refractivity contribution is 6.34. The molecular weight excluding hydrogens is 281 g/mol. The quantitative estimate of drug-likeness (QED) is 0.841. The van der Waals surface area contributed by atoms with E-state index < -0.39 is 29.4 Å². The van der Waals surface area contributed by atoms with E-state index in [1.165, 1.54) is 6.07 Å². The molecule has 0 radical (unpaired) electrons. The maximum absolute atomic E-state index is 12.8. The van der Waals surface area contributed by atoms with Gasteiger partial charge >= 0.3 is 6.18 Å². The molecule has 0 aliphatic heterocycles. The van der Waals surface area contributed by atoms with E-state index >= 15 is 0 Å². The number of amides is 1. The minimum Gasteiger partial charge on any atom is -0.323 e. The number of para-hydroxylation sites is 1. The number of benzene rings is 1. The van der Waals surface area contributed by atoms with Gasteiger partial charge in [-0.2, -0.15) is 13.2 Å². The summed E-state index contributed by atoms with van der Waals surface area (Å²) in [7, 11) is 0. The van der Waals surface area contributed by atoms with Crippen molar-refractivity contribution in [2.24, 2.45) is 5.73 Å². The Kier molecular flexibility index (Phi) is 4.81. The first-order valence-electron chi connectivity index (χ1n) is 5.13. The molecule has 0 aliphatic carbocycles. The average molecular weight is 291 g/mol. The number of alkyl halides is 3. The summed E-state index contributed by atoms with van der Waals surface area (Å²) >= 11 is 5.67. The second-order valence-corrected chi connectivity index (χ2v) is 4.07. The lowest BCUT2D eigenvalue weighted by atomic mass is 10.1. The van der Waals surface area contributed by atoms with Gasteiger partial charge < -0.3 is 11.1 Å². The van der Waals surface area contributed by atoms with Gasteiger partial charge in [0.1, 0.15) is 0 Å². The van der Waals surface area contributed by atoms with E-state index in [-0.39, 0.29) is 11.4 Å². The average Bonchev–Trinajstić information content (AvgIpc) is 2.30. The Labute approximate surface area is 112 Å². The Morgan fingerprint density at radius 3 is 2.68 bits per heavy atom. The van der Waals surface area contributed by atoms with Gasteiger partial charge in [-0.25, -0.2) is 0 Å². The summed E-state index contributed by atoms with van der Waals surface area (Å²) < 4.78 is 38.3. The molecule has 0 aromatic heterocycles. The van der Waals surface area contributed by atoms with E-state index in [9.17, 15) is 18.0 Å². The summed E-state index contributed by atoms with van der Waals surface area (Å²) in [6, 6.07) is 2.09. The molecule has 0 spiro atoms. The molecule has 0 bridgehead atoms. The van der Waals surface area contributed by atoms with Crippen molar-refractivity contribution in [3.8, 4) is 12.3 Å². The summed E-state index contributed by atoms with van der Waals surface area (Å²) in [4.78, 5) is 11.6. The molecule has 1 unspecified atom stereocenters. The second kappa shape index (κ2) is 5.95. The van der Waals surface area contributed by atoms with Crippen LogP contribution in [0.2, 0.25) is 5.02 Å². The third-order valence-corrected chi connectivity index (χ3v) is 2.56. The Hall–Kier alpha value is -1.71. The van der Waals surface area contributed by atoms with Gasteiger partial charge in [0.2, 0.25) is 5.91 Å². The van der Waals surface area contributed by atoms with Crippen LogP contribution in [0.5, 0.6) is 0 Å². The molecule has 0 fully saturated rings. The van der Waals surface area contributed by atoms with Gasteiger partial charge in [0.25, 0.3) is 0 Å². The fourth-order valence-electron chi connectivity index (χ4n) is 1.32. The van der Waals surface area contributed by atoms with Crippen molar-refractivity contribution < 1.29 is 18.0 Å². The molecule has 0 aliphatic rings. The minimum absolute atomic E-state index is 0.0857. The summed E-state index contributed by atoms with van der Waals surface area (Å²) in [6.07, 6.45) is 0.253. The predicted octanol–water partition coefficient (Wildman–Crippen LogP) is 2.65. The van der Waals surface area contributed by atoms with Gasteiger partial charge in [-0.05, 0) is 12.1 Å². The third kappa shape index (κ3) is 3.88. The number of carbonyl (C=O) groups is 1. The molecule has 3 N–H and O–H groups in total. The fourth-order valence-corrected chi connectivity index (χ4v) is 1.54.